The SMILES string of the molecule is NCc1c(CN)c(CC2CO2)c(CC2CO2)c(CC2CO2)c1CC1CO1. The van der Waals surface area contributed by atoms with Crippen LogP contribution in [0.1, 0.15) is 33.4 Å². The quantitative estimate of drug-likeness (QED) is 0.585. The van der Waals surface area contributed by atoms with Gasteiger partial charge in [0, 0.05) is 38.8 Å². The summed E-state index contributed by atoms with van der Waals surface area (Å²) in [5, 5.41) is 0. The van der Waals surface area contributed by atoms with Gasteiger partial charge in [0.1, 0.15) is 0 Å². The minimum Gasteiger partial charge on any atom is -0.373 e. The average molecular weight is 360 g/mol. The molecule has 4 aliphatic rings. The van der Waals surface area contributed by atoms with Gasteiger partial charge in [-0.05, 0) is 33.4 Å². The Labute approximate surface area is 154 Å². The van der Waals surface area contributed by atoms with Gasteiger partial charge in [-0.25, -0.2) is 0 Å². The Morgan fingerprint density at radius 2 is 0.731 bits per heavy atom. The van der Waals surface area contributed by atoms with E-state index < -0.39 is 0 Å². The zero-order valence-corrected chi connectivity index (χ0v) is 15.2. The summed E-state index contributed by atoms with van der Waals surface area (Å²) in [5.41, 5.74) is 20.5. The summed E-state index contributed by atoms with van der Waals surface area (Å²) in [5.74, 6) is 0. The van der Waals surface area contributed by atoms with Crippen molar-refractivity contribution in [2.24, 2.45) is 11.5 Å². The first-order valence-corrected chi connectivity index (χ1v) is 9.80. The third-order valence-electron chi connectivity index (χ3n) is 5.93. The van der Waals surface area contributed by atoms with Gasteiger partial charge >= 0.3 is 0 Å². The summed E-state index contributed by atoms with van der Waals surface area (Å²) in [6.45, 7) is 4.45. The molecule has 0 aromatic heterocycles. The first-order chi connectivity index (χ1) is 12.8. The molecule has 0 spiro atoms. The Balaban J connectivity index is 1.64. The largest absolute Gasteiger partial charge is 0.373 e. The lowest BCUT2D eigenvalue weighted by atomic mass is 9.80. The second-order valence-corrected chi connectivity index (χ2v) is 7.92. The smallest absolute Gasteiger partial charge is 0.0850 e. The average Bonchev–Trinajstić information content (AvgIpc) is 3.44. The minimum absolute atomic E-state index is 0.326. The van der Waals surface area contributed by atoms with Crippen molar-refractivity contribution < 1.29 is 18.9 Å². The van der Waals surface area contributed by atoms with Crippen LogP contribution in [0.5, 0.6) is 0 Å². The van der Waals surface area contributed by atoms with Crippen LogP contribution in [0.15, 0.2) is 0 Å². The van der Waals surface area contributed by atoms with Crippen molar-refractivity contribution in [2.45, 2.75) is 63.2 Å². The Hall–Kier alpha value is -1.02. The van der Waals surface area contributed by atoms with Crippen LogP contribution in [0, 0.1) is 0 Å². The van der Waals surface area contributed by atoms with E-state index in [1.807, 2.05) is 0 Å². The Morgan fingerprint density at radius 1 is 0.500 bits per heavy atom. The van der Waals surface area contributed by atoms with E-state index >= 15 is 0 Å². The van der Waals surface area contributed by atoms with E-state index in [2.05, 4.69) is 0 Å². The minimum atomic E-state index is 0.326. The molecule has 4 atom stereocenters. The summed E-state index contributed by atoms with van der Waals surface area (Å²) >= 11 is 0. The number of benzene rings is 1. The summed E-state index contributed by atoms with van der Waals surface area (Å²) in [6, 6.07) is 0. The van der Waals surface area contributed by atoms with Crippen LogP contribution in [0.25, 0.3) is 0 Å². The molecule has 142 valence electrons. The van der Waals surface area contributed by atoms with Crippen molar-refractivity contribution in [1.29, 1.82) is 0 Å². The van der Waals surface area contributed by atoms with E-state index in [0.29, 0.717) is 37.5 Å². The van der Waals surface area contributed by atoms with Crippen LogP contribution in [0.2, 0.25) is 0 Å². The maximum Gasteiger partial charge on any atom is 0.0850 e. The summed E-state index contributed by atoms with van der Waals surface area (Å²) in [7, 11) is 0. The molecule has 4 unspecified atom stereocenters. The van der Waals surface area contributed by atoms with Gasteiger partial charge in [0.15, 0.2) is 0 Å². The van der Waals surface area contributed by atoms with Gasteiger partial charge in [0.25, 0.3) is 0 Å². The molecule has 4 N–H and O–H groups in total. The number of nitrogens with two attached hydrogens (primary N) is 2. The van der Waals surface area contributed by atoms with E-state index in [-0.39, 0.29) is 0 Å². The standard InChI is InChI=1S/C20H28N2O4/c21-5-19-17(3-13-9-25-13)15(1-11-7-23-11)16(2-12-8-24-12)18(20(19)6-22)4-14-10-26-14/h11-14H,1-10,21-22H2. The van der Waals surface area contributed by atoms with Gasteiger partial charge < -0.3 is 30.4 Å². The molecule has 0 aliphatic carbocycles. The maximum atomic E-state index is 6.23. The van der Waals surface area contributed by atoms with E-state index in [1.165, 1.54) is 33.4 Å². The monoisotopic (exact) mass is 360 g/mol. The zero-order valence-electron chi connectivity index (χ0n) is 15.2. The molecule has 6 nitrogen and oxygen atoms in total. The number of rotatable bonds is 10. The number of ether oxygens (including phenoxy) is 4. The van der Waals surface area contributed by atoms with Crippen LogP contribution in [-0.2, 0) is 57.7 Å². The second-order valence-electron chi connectivity index (χ2n) is 7.92. The Morgan fingerprint density at radius 3 is 0.923 bits per heavy atom. The Bertz CT molecular complexity index is 633. The first-order valence-electron chi connectivity index (χ1n) is 9.80. The van der Waals surface area contributed by atoms with Gasteiger partial charge in [0.05, 0.1) is 50.8 Å². The number of hydrogen-bond donors (Lipinski definition) is 2. The van der Waals surface area contributed by atoms with Crippen molar-refractivity contribution in [2.75, 3.05) is 26.4 Å². The van der Waals surface area contributed by atoms with Gasteiger partial charge in [-0.1, -0.05) is 0 Å². The predicted octanol–water partition coefficient (Wildman–Crippen LogP) is 0.369. The predicted molar refractivity (Wildman–Crippen MR) is 96.0 cm³/mol. The molecule has 1 aromatic carbocycles. The highest BCUT2D eigenvalue weighted by atomic mass is 16.6. The van der Waals surface area contributed by atoms with Gasteiger partial charge in [-0.2, -0.15) is 0 Å². The van der Waals surface area contributed by atoms with E-state index in [0.717, 1.165) is 52.1 Å². The number of hydrogen-bond acceptors (Lipinski definition) is 6. The van der Waals surface area contributed by atoms with Crippen LogP contribution < -0.4 is 11.5 Å². The highest BCUT2D eigenvalue weighted by Crippen LogP contribution is 2.37. The topological polar surface area (TPSA) is 102 Å². The molecule has 5 rings (SSSR count). The molecule has 6 heteroatoms. The highest BCUT2D eigenvalue weighted by molar-refractivity contribution is 5.54. The first kappa shape index (κ1) is 17.1. The number of epoxide rings is 4. The van der Waals surface area contributed by atoms with E-state index in [9.17, 15) is 0 Å². The van der Waals surface area contributed by atoms with Crippen molar-refractivity contribution in [3.05, 3.63) is 33.4 Å². The molecule has 0 saturated carbocycles. The van der Waals surface area contributed by atoms with Crippen molar-refractivity contribution >= 4 is 0 Å². The molecule has 4 heterocycles. The van der Waals surface area contributed by atoms with Gasteiger partial charge in [-0.3, -0.25) is 0 Å². The van der Waals surface area contributed by atoms with Crippen LogP contribution in [-0.4, -0.2) is 50.8 Å². The van der Waals surface area contributed by atoms with Crippen molar-refractivity contribution in [3.63, 3.8) is 0 Å². The molecular weight excluding hydrogens is 332 g/mol. The molecule has 26 heavy (non-hydrogen) atoms. The third-order valence-corrected chi connectivity index (χ3v) is 5.93. The van der Waals surface area contributed by atoms with Crippen molar-refractivity contribution in [1.82, 2.24) is 0 Å². The molecule has 1 aromatic rings. The fourth-order valence-corrected chi connectivity index (χ4v) is 4.23. The third kappa shape index (κ3) is 3.67. The second kappa shape index (κ2) is 6.86. The van der Waals surface area contributed by atoms with Gasteiger partial charge in [0.2, 0.25) is 0 Å². The molecule has 4 fully saturated rings. The fourth-order valence-electron chi connectivity index (χ4n) is 4.23. The molecule has 4 aliphatic heterocycles. The summed E-state index contributed by atoms with van der Waals surface area (Å²) in [4.78, 5) is 0. The Kier molecular flexibility index (Phi) is 4.51. The van der Waals surface area contributed by atoms with Crippen LogP contribution in [0.4, 0.5) is 0 Å². The lowest BCUT2D eigenvalue weighted by molar-refractivity contribution is 0.394. The highest BCUT2D eigenvalue weighted by Gasteiger charge is 2.36. The summed E-state index contributed by atoms with van der Waals surface area (Å²) < 4.78 is 22.3. The normalized spacial score (nSPS) is 31.2. The molecule has 0 bridgehead atoms. The van der Waals surface area contributed by atoms with Crippen LogP contribution >= 0.6 is 0 Å². The van der Waals surface area contributed by atoms with E-state index in [1.54, 1.807) is 0 Å². The van der Waals surface area contributed by atoms with E-state index in [4.69, 9.17) is 30.4 Å². The van der Waals surface area contributed by atoms with Gasteiger partial charge in [-0.15, -0.1) is 0 Å². The maximum absolute atomic E-state index is 6.23. The lowest BCUT2D eigenvalue weighted by Gasteiger charge is -2.26. The van der Waals surface area contributed by atoms with Crippen molar-refractivity contribution in [3.8, 4) is 0 Å². The van der Waals surface area contributed by atoms with Crippen LogP contribution in [0.3, 0.4) is 0 Å². The molecule has 0 amide bonds. The molecule has 0 radical (unpaired) electrons. The molecular formula is C20H28N2O4. The lowest BCUT2D eigenvalue weighted by Crippen LogP contribution is -2.21. The summed E-state index contributed by atoms with van der Waals surface area (Å²) in [6.07, 6.45) is 5.11. The zero-order chi connectivity index (χ0) is 17.7. The fraction of sp³-hybridized carbons (Fsp3) is 0.700. The molecule has 4 saturated heterocycles.